The number of nitrogens with one attached hydrogen (secondary N) is 1. The first kappa shape index (κ1) is 11.8. The van der Waals surface area contributed by atoms with Gasteiger partial charge in [0.15, 0.2) is 0 Å². The van der Waals surface area contributed by atoms with Crippen molar-refractivity contribution >= 4 is 11.3 Å². The Kier molecular flexibility index (Phi) is 3.55. The van der Waals surface area contributed by atoms with Crippen LogP contribution in [0.1, 0.15) is 0 Å². The van der Waals surface area contributed by atoms with Gasteiger partial charge in [0.05, 0.1) is 23.7 Å². The standard InChI is InChI=1S/C11H12N2O3S/c1-16-5-4-13-8(9-3-2-6-17-9)7-10(14)12-11(13)15/h2-3,6-7H,4-5H2,1H3,(H,12,14,15). The van der Waals surface area contributed by atoms with Crippen LogP contribution in [-0.4, -0.2) is 23.3 Å². The third kappa shape index (κ3) is 2.54. The van der Waals surface area contributed by atoms with Gasteiger partial charge in [0.1, 0.15) is 0 Å². The fourth-order valence-corrected chi connectivity index (χ4v) is 2.30. The summed E-state index contributed by atoms with van der Waals surface area (Å²) in [6.07, 6.45) is 0. The number of ether oxygens (including phenoxy) is 1. The number of rotatable bonds is 4. The molecule has 2 aromatic heterocycles. The number of hydrogen-bond acceptors (Lipinski definition) is 4. The van der Waals surface area contributed by atoms with Gasteiger partial charge >= 0.3 is 5.69 Å². The minimum Gasteiger partial charge on any atom is -0.383 e. The Labute approximate surface area is 101 Å². The maximum atomic E-state index is 11.7. The molecule has 0 aliphatic rings. The van der Waals surface area contributed by atoms with Gasteiger partial charge in [-0.1, -0.05) is 6.07 Å². The molecule has 0 aliphatic heterocycles. The number of hydrogen-bond donors (Lipinski definition) is 1. The molecule has 0 spiro atoms. The molecule has 0 fully saturated rings. The molecule has 0 saturated carbocycles. The van der Waals surface area contributed by atoms with Crippen LogP contribution >= 0.6 is 11.3 Å². The van der Waals surface area contributed by atoms with Gasteiger partial charge in [-0.25, -0.2) is 4.79 Å². The van der Waals surface area contributed by atoms with Crippen LogP contribution < -0.4 is 11.2 Å². The van der Waals surface area contributed by atoms with E-state index in [1.807, 2.05) is 17.5 Å². The number of thiophene rings is 1. The maximum absolute atomic E-state index is 11.7. The molecule has 0 unspecified atom stereocenters. The van der Waals surface area contributed by atoms with Crippen LogP contribution in [0.2, 0.25) is 0 Å². The summed E-state index contributed by atoms with van der Waals surface area (Å²) in [5, 5.41) is 1.90. The number of H-pyrrole nitrogens is 1. The second-order valence-corrected chi connectivity index (χ2v) is 4.39. The molecular weight excluding hydrogens is 240 g/mol. The first-order valence-corrected chi connectivity index (χ1v) is 5.97. The van der Waals surface area contributed by atoms with Crippen LogP contribution in [0.25, 0.3) is 10.6 Å². The van der Waals surface area contributed by atoms with Gasteiger partial charge in [-0.3, -0.25) is 14.3 Å². The number of nitrogens with zero attached hydrogens (tertiary/aromatic N) is 1. The molecule has 2 rings (SSSR count). The van der Waals surface area contributed by atoms with E-state index in [2.05, 4.69) is 4.98 Å². The first-order valence-electron chi connectivity index (χ1n) is 5.09. The van der Waals surface area contributed by atoms with Gasteiger partial charge in [-0.2, -0.15) is 0 Å². The molecule has 90 valence electrons. The lowest BCUT2D eigenvalue weighted by molar-refractivity contribution is 0.186. The molecule has 0 saturated heterocycles. The fourth-order valence-electron chi connectivity index (χ4n) is 1.55. The van der Waals surface area contributed by atoms with E-state index in [0.29, 0.717) is 18.8 Å². The van der Waals surface area contributed by atoms with Gasteiger partial charge in [-0.15, -0.1) is 11.3 Å². The van der Waals surface area contributed by atoms with E-state index < -0.39 is 5.69 Å². The van der Waals surface area contributed by atoms with Crippen molar-refractivity contribution in [1.82, 2.24) is 9.55 Å². The zero-order chi connectivity index (χ0) is 12.3. The molecule has 0 aromatic carbocycles. The zero-order valence-electron chi connectivity index (χ0n) is 9.30. The number of methoxy groups -OCH3 is 1. The quantitative estimate of drug-likeness (QED) is 0.879. The third-order valence-electron chi connectivity index (χ3n) is 2.33. The van der Waals surface area contributed by atoms with Gasteiger partial charge in [-0.05, 0) is 11.4 Å². The summed E-state index contributed by atoms with van der Waals surface area (Å²) in [5.41, 5.74) is -0.157. The van der Waals surface area contributed by atoms with Gasteiger partial charge in [0.25, 0.3) is 5.56 Å². The Morgan fingerprint density at radius 2 is 2.29 bits per heavy atom. The van der Waals surface area contributed by atoms with E-state index in [4.69, 9.17) is 4.74 Å². The van der Waals surface area contributed by atoms with Crippen LogP contribution in [0.4, 0.5) is 0 Å². The van der Waals surface area contributed by atoms with Gasteiger partial charge in [0, 0.05) is 13.2 Å². The predicted octanol–water partition coefficient (Wildman–Crippen LogP) is 0.911. The number of aromatic amines is 1. The van der Waals surface area contributed by atoms with E-state index in [1.54, 1.807) is 7.11 Å². The normalized spacial score (nSPS) is 10.6. The lowest BCUT2D eigenvalue weighted by Gasteiger charge is -2.09. The van der Waals surface area contributed by atoms with Crippen molar-refractivity contribution in [1.29, 1.82) is 0 Å². The molecule has 5 nitrogen and oxygen atoms in total. The summed E-state index contributed by atoms with van der Waals surface area (Å²) in [5.74, 6) is 0. The van der Waals surface area contributed by atoms with Crippen molar-refractivity contribution in [2.45, 2.75) is 6.54 Å². The summed E-state index contributed by atoms with van der Waals surface area (Å²) >= 11 is 1.49. The predicted molar refractivity (Wildman–Crippen MR) is 66.5 cm³/mol. The molecule has 1 N–H and O–H groups in total. The van der Waals surface area contributed by atoms with Crippen molar-refractivity contribution in [2.24, 2.45) is 0 Å². The molecule has 2 heterocycles. The molecule has 2 aromatic rings. The minimum atomic E-state index is -0.405. The van der Waals surface area contributed by atoms with Gasteiger partial charge < -0.3 is 4.74 Å². The lowest BCUT2D eigenvalue weighted by Crippen LogP contribution is -2.31. The zero-order valence-corrected chi connectivity index (χ0v) is 10.1. The van der Waals surface area contributed by atoms with Crippen LogP contribution in [0.5, 0.6) is 0 Å². The minimum absolute atomic E-state index is 0.382. The van der Waals surface area contributed by atoms with Crippen LogP contribution in [-0.2, 0) is 11.3 Å². The smallest absolute Gasteiger partial charge is 0.328 e. The molecule has 0 bridgehead atoms. The van der Waals surface area contributed by atoms with Crippen LogP contribution in [0.15, 0.2) is 33.2 Å². The Hall–Kier alpha value is -1.66. The second-order valence-electron chi connectivity index (χ2n) is 3.45. The molecule has 0 radical (unpaired) electrons. The Bertz CT molecular complexity index is 598. The molecular formula is C11H12N2O3S. The lowest BCUT2D eigenvalue weighted by atomic mass is 10.3. The molecule has 17 heavy (non-hydrogen) atoms. The molecule has 0 atom stereocenters. The largest absolute Gasteiger partial charge is 0.383 e. The Balaban J connectivity index is 2.56. The van der Waals surface area contributed by atoms with E-state index in [-0.39, 0.29) is 5.56 Å². The molecule has 6 heteroatoms. The summed E-state index contributed by atoms with van der Waals surface area (Å²) in [6, 6.07) is 5.19. The van der Waals surface area contributed by atoms with Crippen LogP contribution in [0, 0.1) is 0 Å². The van der Waals surface area contributed by atoms with Crippen molar-refractivity contribution in [3.05, 3.63) is 44.4 Å². The summed E-state index contributed by atoms with van der Waals surface area (Å²) in [4.78, 5) is 26.2. The highest BCUT2D eigenvalue weighted by molar-refractivity contribution is 7.13. The van der Waals surface area contributed by atoms with Crippen molar-refractivity contribution < 1.29 is 4.74 Å². The monoisotopic (exact) mass is 252 g/mol. The van der Waals surface area contributed by atoms with Crippen molar-refractivity contribution in [3.8, 4) is 10.6 Å². The van der Waals surface area contributed by atoms with Crippen molar-refractivity contribution in [2.75, 3.05) is 13.7 Å². The first-order chi connectivity index (χ1) is 8.22. The Morgan fingerprint density at radius 1 is 1.47 bits per heavy atom. The Morgan fingerprint density at radius 3 is 2.94 bits per heavy atom. The van der Waals surface area contributed by atoms with E-state index in [1.165, 1.54) is 22.0 Å². The van der Waals surface area contributed by atoms with E-state index in [0.717, 1.165) is 4.88 Å². The van der Waals surface area contributed by atoms with Crippen molar-refractivity contribution in [3.63, 3.8) is 0 Å². The summed E-state index contributed by atoms with van der Waals surface area (Å²) in [6.45, 7) is 0.837. The second kappa shape index (κ2) is 5.11. The number of aromatic nitrogens is 2. The fraction of sp³-hybridized carbons (Fsp3) is 0.273. The summed E-state index contributed by atoms with van der Waals surface area (Å²) < 4.78 is 6.47. The van der Waals surface area contributed by atoms with E-state index in [9.17, 15) is 9.59 Å². The maximum Gasteiger partial charge on any atom is 0.328 e. The third-order valence-corrected chi connectivity index (χ3v) is 3.22. The SMILES string of the molecule is COCCn1c(-c2cccs2)cc(=O)[nH]c1=O. The highest BCUT2D eigenvalue weighted by Gasteiger charge is 2.08. The molecule has 0 amide bonds. The highest BCUT2D eigenvalue weighted by Crippen LogP contribution is 2.22. The topological polar surface area (TPSA) is 64.1 Å². The van der Waals surface area contributed by atoms with Gasteiger partial charge in [0.2, 0.25) is 0 Å². The average molecular weight is 252 g/mol. The highest BCUT2D eigenvalue weighted by atomic mass is 32.1. The van der Waals surface area contributed by atoms with E-state index >= 15 is 0 Å². The van der Waals surface area contributed by atoms with Crippen LogP contribution in [0.3, 0.4) is 0 Å². The average Bonchev–Trinajstić information content (AvgIpc) is 2.80. The molecule has 0 aliphatic carbocycles. The summed E-state index contributed by atoms with van der Waals surface area (Å²) in [7, 11) is 1.57.